The summed E-state index contributed by atoms with van der Waals surface area (Å²) in [5.41, 5.74) is 4.51. The molecular formula is C12H11. The highest BCUT2D eigenvalue weighted by atomic mass is 14.3. The molecule has 0 N–H and O–H groups in total. The average Bonchev–Trinajstić information content (AvgIpc) is 2.52. The van der Waals surface area contributed by atoms with Crippen LogP contribution in [-0.2, 0) is 0 Å². The summed E-state index contributed by atoms with van der Waals surface area (Å²) < 4.78 is 0. The first-order valence-corrected chi connectivity index (χ1v) is 4.58. The fourth-order valence-electron chi connectivity index (χ4n) is 2.36. The van der Waals surface area contributed by atoms with Gasteiger partial charge in [0.1, 0.15) is 0 Å². The summed E-state index contributed by atoms with van der Waals surface area (Å²) in [5, 5.41) is 0. The minimum atomic E-state index is 0.793. The van der Waals surface area contributed by atoms with E-state index in [1.54, 1.807) is 5.56 Å². The van der Waals surface area contributed by atoms with Crippen LogP contribution < -0.4 is 0 Å². The van der Waals surface area contributed by atoms with Crippen molar-refractivity contribution >= 4 is 6.08 Å². The maximum atomic E-state index is 2.37. The van der Waals surface area contributed by atoms with Crippen molar-refractivity contribution in [2.24, 2.45) is 0 Å². The summed E-state index contributed by atoms with van der Waals surface area (Å²) in [6, 6.07) is 6.61. The van der Waals surface area contributed by atoms with E-state index in [-0.39, 0.29) is 0 Å². The van der Waals surface area contributed by atoms with Crippen LogP contribution in [0.5, 0.6) is 0 Å². The van der Waals surface area contributed by atoms with Crippen molar-refractivity contribution in [3.05, 3.63) is 47.4 Å². The van der Waals surface area contributed by atoms with Crippen LogP contribution in [-0.4, -0.2) is 0 Å². The van der Waals surface area contributed by atoms with Crippen molar-refractivity contribution in [3.63, 3.8) is 0 Å². The van der Waals surface area contributed by atoms with Crippen LogP contribution >= 0.6 is 0 Å². The molecule has 0 aromatic heterocycles. The molecule has 0 heterocycles. The van der Waals surface area contributed by atoms with Gasteiger partial charge in [-0.2, -0.15) is 0 Å². The number of benzene rings is 1. The maximum absolute atomic E-state index is 2.37. The van der Waals surface area contributed by atoms with Gasteiger partial charge < -0.3 is 0 Å². The van der Waals surface area contributed by atoms with E-state index in [4.69, 9.17) is 0 Å². The van der Waals surface area contributed by atoms with Crippen molar-refractivity contribution in [1.82, 2.24) is 0 Å². The third-order valence-corrected chi connectivity index (χ3v) is 2.92. The minimum Gasteiger partial charge on any atom is -0.0833 e. The Kier molecular flexibility index (Phi) is 1.20. The first-order valence-electron chi connectivity index (χ1n) is 4.58. The van der Waals surface area contributed by atoms with E-state index in [9.17, 15) is 0 Å². The molecule has 59 valence electrons. The highest BCUT2D eigenvalue weighted by Crippen LogP contribution is 2.41. The molecule has 1 unspecified atom stereocenters. The Bertz CT molecular complexity index is 347. The van der Waals surface area contributed by atoms with Gasteiger partial charge in [-0.15, -0.1) is 0 Å². The first kappa shape index (κ1) is 6.47. The van der Waals surface area contributed by atoms with E-state index in [1.165, 1.54) is 24.0 Å². The Morgan fingerprint density at radius 1 is 1.08 bits per heavy atom. The highest BCUT2D eigenvalue weighted by molar-refractivity contribution is 5.63. The Hall–Kier alpha value is -1.04. The Labute approximate surface area is 72.9 Å². The number of hydrogen-bond donors (Lipinski definition) is 0. The molecule has 0 saturated heterocycles. The lowest BCUT2D eigenvalue weighted by molar-refractivity contribution is 0.725. The van der Waals surface area contributed by atoms with Crippen LogP contribution in [0.3, 0.4) is 0 Å². The largest absolute Gasteiger partial charge is 0.0833 e. The molecule has 1 radical (unpaired) electrons. The summed E-state index contributed by atoms with van der Waals surface area (Å²) in [5.74, 6) is 0.793. The summed E-state index contributed by atoms with van der Waals surface area (Å²) in [6.45, 7) is 0. The molecular weight excluding hydrogens is 144 g/mol. The topological polar surface area (TPSA) is 0 Å². The lowest BCUT2D eigenvalue weighted by Gasteiger charge is -2.16. The molecule has 1 aromatic carbocycles. The monoisotopic (exact) mass is 155 g/mol. The maximum Gasteiger partial charge on any atom is -0.00838 e. The Morgan fingerprint density at radius 2 is 2.00 bits per heavy atom. The molecule has 2 aliphatic rings. The Balaban J connectivity index is 2.30. The van der Waals surface area contributed by atoms with Crippen molar-refractivity contribution in [2.75, 3.05) is 0 Å². The van der Waals surface area contributed by atoms with E-state index >= 15 is 0 Å². The van der Waals surface area contributed by atoms with Gasteiger partial charge >= 0.3 is 0 Å². The SMILES string of the molecule is [CH]1CC2CC=Cc3cccc1c32. The zero-order chi connectivity index (χ0) is 7.97. The second-order valence-electron chi connectivity index (χ2n) is 3.62. The minimum absolute atomic E-state index is 0.793. The first-order chi connectivity index (χ1) is 5.95. The van der Waals surface area contributed by atoms with Gasteiger partial charge in [-0.25, -0.2) is 0 Å². The van der Waals surface area contributed by atoms with Crippen LogP contribution in [0.4, 0.5) is 0 Å². The molecule has 0 amide bonds. The van der Waals surface area contributed by atoms with Gasteiger partial charge in [0.05, 0.1) is 0 Å². The van der Waals surface area contributed by atoms with Crippen molar-refractivity contribution < 1.29 is 0 Å². The number of hydrogen-bond acceptors (Lipinski definition) is 0. The summed E-state index contributed by atoms with van der Waals surface area (Å²) in [4.78, 5) is 0. The van der Waals surface area contributed by atoms with Crippen LogP contribution in [0.1, 0.15) is 35.4 Å². The summed E-state index contributed by atoms with van der Waals surface area (Å²) in [6.07, 6.45) is 9.41. The van der Waals surface area contributed by atoms with Crippen LogP contribution in [0.2, 0.25) is 0 Å². The molecule has 3 rings (SSSR count). The molecule has 1 aromatic rings. The zero-order valence-corrected chi connectivity index (χ0v) is 6.96. The van der Waals surface area contributed by atoms with E-state index in [2.05, 4.69) is 36.8 Å². The normalized spacial score (nSPS) is 24.2. The number of allylic oxidation sites excluding steroid dienone is 1. The summed E-state index contributed by atoms with van der Waals surface area (Å²) in [7, 11) is 0. The van der Waals surface area contributed by atoms with Gasteiger partial charge in [0.2, 0.25) is 0 Å². The molecule has 0 spiro atoms. The molecule has 1 atom stereocenters. The van der Waals surface area contributed by atoms with Gasteiger partial charge in [-0.05, 0) is 41.9 Å². The lowest BCUT2D eigenvalue weighted by Crippen LogP contribution is -1.98. The van der Waals surface area contributed by atoms with Gasteiger partial charge in [0.25, 0.3) is 0 Å². The molecule has 2 aliphatic carbocycles. The van der Waals surface area contributed by atoms with Crippen molar-refractivity contribution in [2.45, 2.75) is 18.8 Å². The molecule has 0 aliphatic heterocycles. The smallest absolute Gasteiger partial charge is 0.00838 e. The van der Waals surface area contributed by atoms with Gasteiger partial charge in [0, 0.05) is 0 Å². The molecule has 0 saturated carbocycles. The molecule has 0 bridgehead atoms. The summed E-state index contributed by atoms with van der Waals surface area (Å²) >= 11 is 0. The van der Waals surface area contributed by atoms with E-state index in [1.807, 2.05) is 0 Å². The molecule has 0 heteroatoms. The van der Waals surface area contributed by atoms with E-state index in [0.29, 0.717) is 0 Å². The van der Waals surface area contributed by atoms with E-state index in [0.717, 1.165) is 5.92 Å². The molecule has 0 fully saturated rings. The third kappa shape index (κ3) is 0.726. The second kappa shape index (κ2) is 2.22. The van der Waals surface area contributed by atoms with E-state index < -0.39 is 0 Å². The third-order valence-electron chi connectivity index (χ3n) is 2.92. The Morgan fingerprint density at radius 3 is 3.00 bits per heavy atom. The van der Waals surface area contributed by atoms with Crippen molar-refractivity contribution in [1.29, 1.82) is 0 Å². The lowest BCUT2D eigenvalue weighted by atomic mass is 9.89. The quantitative estimate of drug-likeness (QED) is 0.540. The van der Waals surface area contributed by atoms with Gasteiger partial charge in [-0.3, -0.25) is 0 Å². The van der Waals surface area contributed by atoms with Crippen LogP contribution in [0.25, 0.3) is 6.08 Å². The van der Waals surface area contributed by atoms with Gasteiger partial charge in [0.15, 0.2) is 0 Å². The fraction of sp³-hybridized carbons (Fsp3) is 0.250. The predicted molar refractivity (Wildman–Crippen MR) is 50.9 cm³/mol. The zero-order valence-electron chi connectivity index (χ0n) is 6.96. The standard InChI is InChI=1S/C12H11/c1-3-9-4-2-6-11-8-7-10(5-1)12(9)11/h1-5,7,11H,6,8H2. The highest BCUT2D eigenvalue weighted by Gasteiger charge is 2.25. The fourth-order valence-corrected chi connectivity index (χ4v) is 2.36. The average molecular weight is 155 g/mol. The molecule has 12 heavy (non-hydrogen) atoms. The predicted octanol–water partition coefficient (Wildman–Crippen LogP) is 3.14. The van der Waals surface area contributed by atoms with Crippen LogP contribution in [0, 0.1) is 6.42 Å². The number of rotatable bonds is 0. The van der Waals surface area contributed by atoms with Gasteiger partial charge in [-0.1, -0.05) is 30.4 Å². The molecule has 0 nitrogen and oxygen atoms in total. The van der Waals surface area contributed by atoms with Crippen molar-refractivity contribution in [3.8, 4) is 0 Å². The van der Waals surface area contributed by atoms with Crippen LogP contribution in [0.15, 0.2) is 24.3 Å². The second-order valence-corrected chi connectivity index (χ2v) is 3.62.